The van der Waals surface area contributed by atoms with Crippen LogP contribution >= 0.6 is 0 Å². The molecule has 3 nitrogen and oxygen atoms in total. The van der Waals surface area contributed by atoms with Crippen molar-refractivity contribution in [2.45, 2.75) is 56.6 Å². The number of nitrogens with zero attached hydrogens (tertiary/aromatic N) is 1. The molecule has 2 aliphatic rings. The van der Waals surface area contributed by atoms with Crippen LogP contribution in [0, 0.1) is 0 Å². The molecule has 0 spiro atoms. The van der Waals surface area contributed by atoms with E-state index in [2.05, 4.69) is 4.90 Å². The second-order valence-electron chi connectivity index (χ2n) is 5.21. The summed E-state index contributed by atoms with van der Waals surface area (Å²) in [4.78, 5) is 2.30. The van der Waals surface area contributed by atoms with Gasteiger partial charge in [0.2, 0.25) is 0 Å². The third kappa shape index (κ3) is 2.71. The van der Waals surface area contributed by atoms with Crippen molar-refractivity contribution in [3.63, 3.8) is 0 Å². The normalized spacial score (nSPS) is 25.8. The number of aliphatic hydroxyl groups excluding tert-OH is 1. The lowest BCUT2D eigenvalue weighted by Crippen LogP contribution is -2.49. The van der Waals surface area contributed by atoms with Crippen molar-refractivity contribution >= 4 is 0 Å². The van der Waals surface area contributed by atoms with Crippen LogP contribution in [-0.2, 0) is 0 Å². The predicted molar refractivity (Wildman–Crippen MR) is 59.7 cm³/mol. The summed E-state index contributed by atoms with van der Waals surface area (Å²) < 4.78 is 0. The van der Waals surface area contributed by atoms with E-state index < -0.39 is 5.60 Å². The maximum Gasteiger partial charge on any atom is 0.0774 e. The molecule has 2 fully saturated rings. The molecule has 2 aliphatic carbocycles. The van der Waals surface area contributed by atoms with Gasteiger partial charge >= 0.3 is 0 Å². The van der Waals surface area contributed by atoms with Gasteiger partial charge in [0.05, 0.1) is 12.2 Å². The van der Waals surface area contributed by atoms with Crippen LogP contribution in [0.2, 0.25) is 0 Å². The van der Waals surface area contributed by atoms with Crippen molar-refractivity contribution in [1.29, 1.82) is 0 Å². The summed E-state index contributed by atoms with van der Waals surface area (Å²) in [6.07, 6.45) is 8.02. The van der Waals surface area contributed by atoms with Crippen molar-refractivity contribution in [3.8, 4) is 0 Å². The first-order valence-corrected chi connectivity index (χ1v) is 6.31. The van der Waals surface area contributed by atoms with Gasteiger partial charge in [0.1, 0.15) is 0 Å². The van der Waals surface area contributed by atoms with Crippen LogP contribution in [0.3, 0.4) is 0 Å². The lowest BCUT2D eigenvalue weighted by Gasteiger charge is -2.41. The molecule has 2 N–H and O–H groups in total. The van der Waals surface area contributed by atoms with Gasteiger partial charge in [0, 0.05) is 19.1 Å². The van der Waals surface area contributed by atoms with Crippen LogP contribution in [0.25, 0.3) is 0 Å². The Kier molecular flexibility index (Phi) is 3.65. The second-order valence-corrected chi connectivity index (χ2v) is 5.21. The van der Waals surface area contributed by atoms with Crippen LogP contribution in [-0.4, -0.2) is 46.5 Å². The van der Waals surface area contributed by atoms with Gasteiger partial charge in [0.25, 0.3) is 0 Å². The van der Waals surface area contributed by atoms with E-state index in [-0.39, 0.29) is 6.61 Å². The van der Waals surface area contributed by atoms with E-state index in [4.69, 9.17) is 5.11 Å². The van der Waals surface area contributed by atoms with Crippen molar-refractivity contribution in [3.05, 3.63) is 0 Å². The van der Waals surface area contributed by atoms with E-state index in [0.717, 1.165) is 38.8 Å². The second kappa shape index (κ2) is 4.81. The molecular weight excluding hydrogens is 190 g/mol. The summed E-state index contributed by atoms with van der Waals surface area (Å²) >= 11 is 0. The first-order valence-electron chi connectivity index (χ1n) is 6.31. The fourth-order valence-corrected chi connectivity index (χ4v) is 2.84. The zero-order chi connectivity index (χ0) is 10.7. The van der Waals surface area contributed by atoms with Gasteiger partial charge in [0.15, 0.2) is 0 Å². The van der Waals surface area contributed by atoms with Crippen molar-refractivity contribution in [2.24, 2.45) is 0 Å². The van der Waals surface area contributed by atoms with Crippen LogP contribution in [0.4, 0.5) is 0 Å². The molecule has 0 aliphatic heterocycles. The molecule has 0 saturated heterocycles. The first kappa shape index (κ1) is 11.4. The minimum Gasteiger partial charge on any atom is -0.395 e. The minimum absolute atomic E-state index is 0.215. The highest BCUT2D eigenvalue weighted by Gasteiger charge is 2.36. The molecule has 0 bridgehead atoms. The molecule has 0 aromatic rings. The van der Waals surface area contributed by atoms with Crippen molar-refractivity contribution in [1.82, 2.24) is 4.90 Å². The lowest BCUT2D eigenvalue weighted by molar-refractivity contribution is -0.0205. The Morgan fingerprint density at radius 1 is 1.13 bits per heavy atom. The van der Waals surface area contributed by atoms with Crippen LogP contribution in [0.15, 0.2) is 0 Å². The summed E-state index contributed by atoms with van der Waals surface area (Å²) in [7, 11) is 0. The third-order valence-corrected chi connectivity index (χ3v) is 4.01. The summed E-state index contributed by atoms with van der Waals surface area (Å²) in [5, 5.41) is 19.4. The number of aliphatic hydroxyl groups is 2. The van der Waals surface area contributed by atoms with Gasteiger partial charge in [-0.05, 0) is 25.7 Å². The zero-order valence-electron chi connectivity index (χ0n) is 9.49. The highest BCUT2D eigenvalue weighted by atomic mass is 16.3. The third-order valence-electron chi connectivity index (χ3n) is 4.01. The van der Waals surface area contributed by atoms with Crippen LogP contribution < -0.4 is 0 Å². The molecule has 0 radical (unpaired) electrons. The Hall–Kier alpha value is -0.120. The molecule has 2 rings (SSSR count). The van der Waals surface area contributed by atoms with Crippen LogP contribution in [0.1, 0.15) is 44.9 Å². The topological polar surface area (TPSA) is 43.7 Å². The SMILES string of the molecule is OCCN(CC1(O)CCCC1)C1CCC1. The smallest absolute Gasteiger partial charge is 0.0774 e. The number of hydrogen-bond acceptors (Lipinski definition) is 3. The van der Waals surface area contributed by atoms with Gasteiger partial charge < -0.3 is 10.2 Å². The molecule has 0 amide bonds. The summed E-state index contributed by atoms with van der Waals surface area (Å²) in [5.41, 5.74) is -0.454. The molecule has 0 unspecified atom stereocenters. The van der Waals surface area contributed by atoms with E-state index in [0.29, 0.717) is 6.04 Å². The van der Waals surface area contributed by atoms with E-state index in [1.54, 1.807) is 0 Å². The zero-order valence-corrected chi connectivity index (χ0v) is 9.49. The molecule has 3 heteroatoms. The largest absolute Gasteiger partial charge is 0.395 e. The Morgan fingerprint density at radius 3 is 2.27 bits per heavy atom. The van der Waals surface area contributed by atoms with Crippen molar-refractivity contribution in [2.75, 3.05) is 19.7 Å². The summed E-state index contributed by atoms with van der Waals surface area (Å²) in [6, 6.07) is 0.627. The maximum absolute atomic E-state index is 10.3. The van der Waals surface area contributed by atoms with E-state index in [1.165, 1.54) is 19.3 Å². The molecule has 0 atom stereocenters. The Morgan fingerprint density at radius 2 is 1.80 bits per heavy atom. The molecule has 0 aromatic carbocycles. The monoisotopic (exact) mass is 213 g/mol. The molecule has 0 aromatic heterocycles. The predicted octanol–water partition coefficient (Wildman–Crippen LogP) is 1.14. The molecule has 15 heavy (non-hydrogen) atoms. The van der Waals surface area contributed by atoms with E-state index in [9.17, 15) is 5.11 Å². The lowest BCUT2D eigenvalue weighted by atomic mass is 9.89. The number of rotatable bonds is 5. The minimum atomic E-state index is -0.454. The van der Waals surface area contributed by atoms with Gasteiger partial charge in [-0.15, -0.1) is 0 Å². The van der Waals surface area contributed by atoms with Gasteiger partial charge in [-0.2, -0.15) is 0 Å². The molecule has 2 saturated carbocycles. The molecular formula is C12H23NO2. The highest BCUT2D eigenvalue weighted by Crippen LogP contribution is 2.33. The average Bonchev–Trinajstić information content (AvgIpc) is 2.49. The van der Waals surface area contributed by atoms with Gasteiger partial charge in [-0.25, -0.2) is 0 Å². The summed E-state index contributed by atoms with van der Waals surface area (Å²) in [6.45, 7) is 1.72. The molecule has 0 heterocycles. The van der Waals surface area contributed by atoms with E-state index in [1.807, 2.05) is 0 Å². The van der Waals surface area contributed by atoms with Gasteiger partial charge in [-0.1, -0.05) is 19.3 Å². The Bertz CT molecular complexity index is 198. The summed E-state index contributed by atoms with van der Waals surface area (Å²) in [5.74, 6) is 0. The van der Waals surface area contributed by atoms with Crippen molar-refractivity contribution < 1.29 is 10.2 Å². The Balaban J connectivity index is 1.86. The van der Waals surface area contributed by atoms with E-state index >= 15 is 0 Å². The standard InChI is InChI=1S/C12H23NO2/c14-9-8-13(11-4-3-5-11)10-12(15)6-1-2-7-12/h11,14-15H,1-10H2. The number of hydrogen-bond donors (Lipinski definition) is 2. The quantitative estimate of drug-likeness (QED) is 0.719. The average molecular weight is 213 g/mol. The van der Waals surface area contributed by atoms with Gasteiger partial charge in [-0.3, -0.25) is 4.90 Å². The highest BCUT2D eigenvalue weighted by molar-refractivity contribution is 4.91. The molecule has 88 valence electrons. The Labute approximate surface area is 92.1 Å². The fourth-order valence-electron chi connectivity index (χ4n) is 2.84. The first-order chi connectivity index (χ1) is 7.23. The maximum atomic E-state index is 10.3. The fraction of sp³-hybridized carbons (Fsp3) is 1.00. The van der Waals surface area contributed by atoms with Crippen LogP contribution in [0.5, 0.6) is 0 Å².